The standard InChI is InChI=1S/C18H22Si/c1-19(2)13-16(14-19)12-15-8-10-18(11-9-15)17-6-4-3-5-7-17/h3-11,16H,12-14H2,1-2H3. The number of rotatable bonds is 3. The molecule has 0 spiro atoms. The maximum atomic E-state index is 2.52. The molecule has 3 rings (SSSR count). The van der Waals surface area contributed by atoms with Crippen LogP contribution in [0.25, 0.3) is 11.1 Å². The van der Waals surface area contributed by atoms with Crippen molar-refractivity contribution in [2.45, 2.75) is 31.6 Å². The summed E-state index contributed by atoms with van der Waals surface area (Å²) in [5.41, 5.74) is 4.15. The largest absolute Gasteiger partial charge is 0.0693 e. The molecule has 0 unspecified atom stereocenters. The second-order valence-corrected chi connectivity index (χ2v) is 11.9. The molecule has 0 amide bonds. The van der Waals surface area contributed by atoms with Crippen LogP contribution in [0, 0.1) is 5.92 Å². The maximum Gasteiger partial charge on any atom is 0.0479 e. The summed E-state index contributed by atoms with van der Waals surface area (Å²) in [7, 11) is -0.731. The van der Waals surface area contributed by atoms with Crippen molar-refractivity contribution in [1.82, 2.24) is 0 Å². The highest BCUT2D eigenvalue weighted by atomic mass is 28.3. The van der Waals surface area contributed by atoms with E-state index in [1.165, 1.54) is 35.2 Å². The molecule has 1 saturated heterocycles. The van der Waals surface area contributed by atoms with Crippen molar-refractivity contribution >= 4 is 8.07 Å². The molecular weight excluding hydrogens is 244 g/mol. The van der Waals surface area contributed by atoms with Gasteiger partial charge in [0.25, 0.3) is 0 Å². The first-order chi connectivity index (χ1) is 9.12. The zero-order chi connectivity index (χ0) is 13.3. The summed E-state index contributed by atoms with van der Waals surface area (Å²) in [6, 6.07) is 22.8. The summed E-state index contributed by atoms with van der Waals surface area (Å²) < 4.78 is 0. The van der Waals surface area contributed by atoms with Gasteiger partial charge in [-0.1, -0.05) is 79.8 Å². The van der Waals surface area contributed by atoms with Crippen LogP contribution in [-0.2, 0) is 6.42 Å². The maximum absolute atomic E-state index is 2.52. The lowest BCUT2D eigenvalue weighted by Crippen LogP contribution is -2.42. The van der Waals surface area contributed by atoms with Crippen LogP contribution in [-0.4, -0.2) is 8.07 Å². The fourth-order valence-corrected chi connectivity index (χ4v) is 6.74. The Balaban J connectivity index is 1.67. The summed E-state index contributed by atoms with van der Waals surface area (Å²) in [5.74, 6) is 0.962. The molecular formula is C18H22Si. The van der Waals surface area contributed by atoms with E-state index in [4.69, 9.17) is 0 Å². The van der Waals surface area contributed by atoms with E-state index in [2.05, 4.69) is 67.7 Å². The normalized spacial score (nSPS) is 18.0. The van der Waals surface area contributed by atoms with Gasteiger partial charge in [-0.25, -0.2) is 0 Å². The predicted molar refractivity (Wildman–Crippen MR) is 86.2 cm³/mol. The van der Waals surface area contributed by atoms with E-state index >= 15 is 0 Å². The topological polar surface area (TPSA) is 0 Å². The number of hydrogen-bond acceptors (Lipinski definition) is 0. The molecule has 0 aromatic heterocycles. The van der Waals surface area contributed by atoms with Crippen LogP contribution in [0.1, 0.15) is 5.56 Å². The first-order valence-electron chi connectivity index (χ1n) is 7.27. The number of hydrogen-bond donors (Lipinski definition) is 0. The highest BCUT2D eigenvalue weighted by Gasteiger charge is 2.37. The van der Waals surface area contributed by atoms with Gasteiger partial charge in [0.2, 0.25) is 0 Å². The SMILES string of the molecule is C[Si]1(C)CC(Cc2ccc(-c3ccccc3)cc2)C1. The van der Waals surface area contributed by atoms with E-state index < -0.39 is 8.07 Å². The Hall–Kier alpha value is -1.34. The van der Waals surface area contributed by atoms with Crippen LogP contribution in [0.3, 0.4) is 0 Å². The van der Waals surface area contributed by atoms with Gasteiger partial charge in [0.05, 0.1) is 0 Å². The molecule has 1 aliphatic heterocycles. The highest BCUT2D eigenvalue weighted by Crippen LogP contribution is 2.40. The smallest absolute Gasteiger partial charge is 0.0479 e. The molecule has 0 atom stereocenters. The molecule has 2 aromatic rings. The monoisotopic (exact) mass is 266 g/mol. The minimum atomic E-state index is -0.731. The van der Waals surface area contributed by atoms with Crippen molar-refractivity contribution in [2.24, 2.45) is 5.92 Å². The van der Waals surface area contributed by atoms with E-state index in [1.54, 1.807) is 0 Å². The molecule has 0 aliphatic carbocycles. The van der Waals surface area contributed by atoms with Gasteiger partial charge in [-0.15, -0.1) is 0 Å². The fraction of sp³-hybridized carbons (Fsp3) is 0.333. The summed E-state index contributed by atoms with van der Waals surface area (Å²) in [5, 5.41) is 0. The first kappa shape index (κ1) is 12.7. The molecule has 0 bridgehead atoms. The lowest BCUT2D eigenvalue weighted by atomic mass is 9.98. The molecule has 98 valence electrons. The van der Waals surface area contributed by atoms with E-state index in [9.17, 15) is 0 Å². The predicted octanol–water partition coefficient (Wildman–Crippen LogP) is 5.23. The average Bonchev–Trinajstić information content (AvgIpc) is 2.38. The summed E-state index contributed by atoms with van der Waals surface area (Å²) >= 11 is 0. The van der Waals surface area contributed by atoms with Crippen molar-refractivity contribution in [2.75, 3.05) is 0 Å². The lowest BCUT2D eigenvalue weighted by Gasteiger charge is -2.41. The van der Waals surface area contributed by atoms with Crippen molar-refractivity contribution < 1.29 is 0 Å². The van der Waals surface area contributed by atoms with Gasteiger partial charge < -0.3 is 0 Å². The summed E-state index contributed by atoms with van der Waals surface area (Å²) in [4.78, 5) is 0. The third-order valence-corrected chi connectivity index (χ3v) is 7.63. The molecule has 0 saturated carbocycles. The van der Waals surface area contributed by atoms with Crippen molar-refractivity contribution in [3.8, 4) is 11.1 Å². The Bertz CT molecular complexity index is 532. The molecule has 19 heavy (non-hydrogen) atoms. The molecule has 0 radical (unpaired) electrons. The summed E-state index contributed by atoms with van der Waals surface area (Å²) in [6.07, 6.45) is 1.28. The minimum Gasteiger partial charge on any atom is -0.0693 e. The quantitative estimate of drug-likeness (QED) is 0.667. The zero-order valence-electron chi connectivity index (χ0n) is 11.9. The molecule has 1 heterocycles. The Kier molecular flexibility index (Phi) is 3.32. The van der Waals surface area contributed by atoms with Crippen LogP contribution >= 0.6 is 0 Å². The van der Waals surface area contributed by atoms with Crippen molar-refractivity contribution in [3.63, 3.8) is 0 Å². The van der Waals surface area contributed by atoms with Crippen LogP contribution in [0.5, 0.6) is 0 Å². The second-order valence-electron chi connectivity index (χ2n) is 6.71. The molecule has 1 aliphatic rings. The van der Waals surface area contributed by atoms with E-state index in [0.29, 0.717) is 0 Å². The zero-order valence-corrected chi connectivity index (χ0v) is 12.9. The lowest BCUT2D eigenvalue weighted by molar-refractivity contribution is 0.566. The van der Waals surface area contributed by atoms with Gasteiger partial charge in [0.15, 0.2) is 0 Å². The first-order valence-corrected chi connectivity index (χ1v) is 10.7. The van der Waals surface area contributed by atoms with Crippen LogP contribution < -0.4 is 0 Å². The van der Waals surface area contributed by atoms with Gasteiger partial charge >= 0.3 is 0 Å². The Morgan fingerprint density at radius 1 is 0.842 bits per heavy atom. The van der Waals surface area contributed by atoms with Crippen LogP contribution in [0.15, 0.2) is 54.6 Å². The minimum absolute atomic E-state index is 0.731. The summed E-state index contributed by atoms with van der Waals surface area (Å²) in [6.45, 7) is 5.03. The molecule has 2 aromatic carbocycles. The van der Waals surface area contributed by atoms with Crippen molar-refractivity contribution in [1.29, 1.82) is 0 Å². The molecule has 0 N–H and O–H groups in total. The second kappa shape index (κ2) is 4.97. The third kappa shape index (κ3) is 2.98. The third-order valence-electron chi connectivity index (χ3n) is 4.27. The molecule has 1 fully saturated rings. The van der Waals surface area contributed by atoms with Gasteiger partial charge in [-0.2, -0.15) is 0 Å². The van der Waals surface area contributed by atoms with Crippen molar-refractivity contribution in [3.05, 3.63) is 60.2 Å². The average molecular weight is 266 g/mol. The molecule has 1 heteroatoms. The van der Waals surface area contributed by atoms with Gasteiger partial charge in [-0.3, -0.25) is 0 Å². The Labute approximate surface area is 117 Å². The Morgan fingerprint density at radius 2 is 1.42 bits per heavy atom. The fourth-order valence-electron chi connectivity index (χ4n) is 3.44. The van der Waals surface area contributed by atoms with Crippen LogP contribution in [0.2, 0.25) is 25.2 Å². The van der Waals surface area contributed by atoms with Crippen LogP contribution in [0.4, 0.5) is 0 Å². The highest BCUT2D eigenvalue weighted by molar-refractivity contribution is 6.80. The van der Waals surface area contributed by atoms with E-state index in [0.717, 1.165) is 5.92 Å². The van der Waals surface area contributed by atoms with Gasteiger partial charge in [0, 0.05) is 8.07 Å². The Morgan fingerprint density at radius 3 is 2.00 bits per heavy atom. The van der Waals surface area contributed by atoms with E-state index in [1.807, 2.05) is 0 Å². The van der Waals surface area contributed by atoms with Gasteiger partial charge in [-0.05, 0) is 29.0 Å². The van der Waals surface area contributed by atoms with E-state index in [-0.39, 0.29) is 0 Å². The van der Waals surface area contributed by atoms with Gasteiger partial charge in [0.1, 0.15) is 0 Å². The molecule has 0 nitrogen and oxygen atoms in total. The number of benzene rings is 2.